The molecular weight excluding hydrogens is 298 g/mol. The van der Waals surface area contributed by atoms with Gasteiger partial charge >= 0.3 is 0 Å². The Morgan fingerprint density at radius 2 is 1.82 bits per heavy atom. The van der Waals surface area contributed by atoms with E-state index in [2.05, 4.69) is 5.10 Å². The second-order valence-electron chi connectivity index (χ2n) is 5.10. The fourth-order valence-corrected chi connectivity index (χ4v) is 2.50. The molecule has 0 unspecified atom stereocenters. The Hall–Kier alpha value is -2.33. The molecule has 0 N–H and O–H groups in total. The number of hydrogen-bond acceptors (Lipinski definition) is 3. The van der Waals surface area contributed by atoms with Crippen LogP contribution in [0.3, 0.4) is 0 Å². The number of rotatable bonds is 2. The van der Waals surface area contributed by atoms with Crippen molar-refractivity contribution >= 4 is 29.0 Å². The summed E-state index contributed by atoms with van der Waals surface area (Å²) in [5.74, 6) is 0.723. The van der Waals surface area contributed by atoms with Gasteiger partial charge in [-0.15, -0.1) is 0 Å². The van der Waals surface area contributed by atoms with Crippen molar-refractivity contribution in [3.05, 3.63) is 65.2 Å². The van der Waals surface area contributed by atoms with E-state index in [4.69, 9.17) is 11.6 Å². The van der Waals surface area contributed by atoms with E-state index in [1.54, 1.807) is 11.9 Å². The molecule has 1 amide bonds. The zero-order valence-corrected chi connectivity index (χ0v) is 13.0. The number of anilines is 1. The van der Waals surface area contributed by atoms with E-state index in [1.807, 2.05) is 59.6 Å². The first kappa shape index (κ1) is 14.6. The molecule has 4 nitrogen and oxygen atoms in total. The zero-order chi connectivity index (χ0) is 15.5. The maximum atomic E-state index is 12.4. The summed E-state index contributed by atoms with van der Waals surface area (Å²) in [6.45, 7) is 0.753. The quantitative estimate of drug-likeness (QED) is 0.848. The largest absolute Gasteiger partial charge is 0.298 e. The number of halogens is 1. The SMILES string of the molecule is CN(C(=O)c1ccccc1)C1=NN(c2ccc(Cl)cc2)CC1. The van der Waals surface area contributed by atoms with E-state index < -0.39 is 0 Å². The summed E-state index contributed by atoms with van der Waals surface area (Å²) in [6, 6.07) is 16.8. The molecule has 0 aliphatic carbocycles. The number of benzene rings is 2. The molecule has 2 aromatic carbocycles. The van der Waals surface area contributed by atoms with Crippen LogP contribution in [0, 0.1) is 0 Å². The van der Waals surface area contributed by atoms with Crippen LogP contribution in [0.4, 0.5) is 5.69 Å². The molecule has 5 heteroatoms. The minimum atomic E-state index is -0.0442. The van der Waals surface area contributed by atoms with Gasteiger partial charge in [0.25, 0.3) is 5.91 Å². The molecule has 112 valence electrons. The summed E-state index contributed by atoms with van der Waals surface area (Å²) in [5.41, 5.74) is 1.64. The van der Waals surface area contributed by atoms with Crippen LogP contribution in [0.5, 0.6) is 0 Å². The topological polar surface area (TPSA) is 35.9 Å². The van der Waals surface area contributed by atoms with E-state index in [-0.39, 0.29) is 5.91 Å². The van der Waals surface area contributed by atoms with Gasteiger partial charge in [-0.05, 0) is 36.4 Å². The van der Waals surface area contributed by atoms with Gasteiger partial charge in [0.15, 0.2) is 0 Å². The van der Waals surface area contributed by atoms with Crippen molar-refractivity contribution in [3.63, 3.8) is 0 Å². The van der Waals surface area contributed by atoms with Crippen LogP contribution < -0.4 is 5.01 Å². The maximum Gasteiger partial charge on any atom is 0.258 e. The second kappa shape index (κ2) is 6.20. The van der Waals surface area contributed by atoms with E-state index in [0.717, 1.165) is 24.5 Å². The molecule has 0 atom stereocenters. The Kier molecular flexibility index (Phi) is 4.11. The summed E-state index contributed by atoms with van der Waals surface area (Å²) in [4.78, 5) is 14.0. The lowest BCUT2D eigenvalue weighted by Gasteiger charge is -2.16. The van der Waals surface area contributed by atoms with Crippen LogP contribution in [0.2, 0.25) is 5.02 Å². The van der Waals surface area contributed by atoms with Crippen molar-refractivity contribution in [1.82, 2.24) is 4.90 Å². The highest BCUT2D eigenvalue weighted by Gasteiger charge is 2.23. The Bertz CT molecular complexity index is 698. The Labute approximate surface area is 134 Å². The zero-order valence-electron chi connectivity index (χ0n) is 12.2. The normalized spacial score (nSPS) is 13.9. The van der Waals surface area contributed by atoms with Gasteiger partial charge in [0, 0.05) is 30.6 Å². The summed E-state index contributed by atoms with van der Waals surface area (Å²) in [7, 11) is 1.76. The lowest BCUT2D eigenvalue weighted by atomic mass is 10.2. The predicted molar refractivity (Wildman–Crippen MR) is 89.4 cm³/mol. The Balaban J connectivity index is 1.76. The molecule has 0 fully saturated rings. The fraction of sp³-hybridized carbons (Fsp3) is 0.176. The molecule has 0 saturated heterocycles. The molecule has 0 saturated carbocycles. The van der Waals surface area contributed by atoms with Gasteiger partial charge < -0.3 is 0 Å². The fourth-order valence-electron chi connectivity index (χ4n) is 2.37. The first-order valence-electron chi connectivity index (χ1n) is 7.09. The third kappa shape index (κ3) is 2.97. The molecule has 22 heavy (non-hydrogen) atoms. The third-order valence-corrected chi connectivity index (χ3v) is 3.87. The molecule has 0 spiro atoms. The lowest BCUT2D eigenvalue weighted by Crippen LogP contribution is -2.32. The van der Waals surface area contributed by atoms with E-state index >= 15 is 0 Å². The van der Waals surface area contributed by atoms with Gasteiger partial charge in [-0.25, -0.2) is 0 Å². The molecule has 0 aromatic heterocycles. The number of hydrogen-bond donors (Lipinski definition) is 0. The average Bonchev–Trinajstić information content (AvgIpc) is 3.05. The van der Waals surface area contributed by atoms with Crippen molar-refractivity contribution in [2.24, 2.45) is 5.10 Å². The van der Waals surface area contributed by atoms with Crippen LogP contribution in [0.25, 0.3) is 0 Å². The summed E-state index contributed by atoms with van der Waals surface area (Å²) >= 11 is 5.90. The van der Waals surface area contributed by atoms with Crippen LogP contribution in [-0.2, 0) is 0 Å². The van der Waals surface area contributed by atoms with E-state index in [9.17, 15) is 4.79 Å². The lowest BCUT2D eigenvalue weighted by molar-refractivity contribution is 0.0869. The van der Waals surface area contributed by atoms with Crippen molar-refractivity contribution in [1.29, 1.82) is 0 Å². The van der Waals surface area contributed by atoms with Gasteiger partial charge in [-0.1, -0.05) is 29.8 Å². The minimum absolute atomic E-state index is 0.0442. The maximum absolute atomic E-state index is 12.4. The van der Waals surface area contributed by atoms with Gasteiger partial charge in [-0.3, -0.25) is 14.7 Å². The average molecular weight is 314 g/mol. The molecule has 3 rings (SSSR count). The van der Waals surface area contributed by atoms with Gasteiger partial charge in [0.2, 0.25) is 0 Å². The molecule has 0 radical (unpaired) electrons. The summed E-state index contributed by atoms with van der Waals surface area (Å²) in [5, 5.41) is 7.13. The number of carbonyl (C=O) groups is 1. The van der Waals surface area contributed by atoms with E-state index in [1.165, 1.54) is 0 Å². The minimum Gasteiger partial charge on any atom is -0.298 e. The first-order valence-corrected chi connectivity index (χ1v) is 7.46. The highest BCUT2D eigenvalue weighted by atomic mass is 35.5. The van der Waals surface area contributed by atoms with Gasteiger partial charge in [-0.2, -0.15) is 5.10 Å². The molecular formula is C17H16ClN3O. The highest BCUT2D eigenvalue weighted by molar-refractivity contribution is 6.30. The number of amides is 1. The predicted octanol–water partition coefficient (Wildman–Crippen LogP) is 3.64. The van der Waals surface area contributed by atoms with Crippen molar-refractivity contribution in [2.75, 3.05) is 18.6 Å². The number of hydrazone groups is 1. The van der Waals surface area contributed by atoms with Crippen molar-refractivity contribution < 1.29 is 4.79 Å². The monoisotopic (exact) mass is 313 g/mol. The summed E-state index contributed by atoms with van der Waals surface area (Å²) in [6.07, 6.45) is 0.734. The van der Waals surface area contributed by atoms with Gasteiger partial charge in [0.1, 0.15) is 5.84 Å². The number of amidine groups is 1. The third-order valence-electron chi connectivity index (χ3n) is 3.62. The van der Waals surface area contributed by atoms with Crippen LogP contribution in [0.1, 0.15) is 16.8 Å². The molecule has 1 aliphatic rings. The number of nitrogens with zero attached hydrogens (tertiary/aromatic N) is 3. The summed E-state index contributed by atoms with van der Waals surface area (Å²) < 4.78 is 0. The van der Waals surface area contributed by atoms with Gasteiger partial charge in [0.05, 0.1) is 5.69 Å². The molecule has 1 aliphatic heterocycles. The molecule has 2 aromatic rings. The molecule has 1 heterocycles. The van der Waals surface area contributed by atoms with Crippen LogP contribution >= 0.6 is 11.6 Å². The van der Waals surface area contributed by atoms with Crippen molar-refractivity contribution in [3.8, 4) is 0 Å². The van der Waals surface area contributed by atoms with Crippen LogP contribution in [-0.4, -0.2) is 30.2 Å². The smallest absolute Gasteiger partial charge is 0.258 e. The first-order chi connectivity index (χ1) is 10.6. The number of carbonyl (C=O) groups excluding carboxylic acids is 1. The standard InChI is InChI=1S/C17H16ClN3O/c1-20(17(22)13-5-3-2-4-6-13)16-11-12-21(19-16)15-9-7-14(18)8-10-15/h2-10H,11-12H2,1H3. The van der Waals surface area contributed by atoms with Crippen LogP contribution in [0.15, 0.2) is 59.7 Å². The molecule has 0 bridgehead atoms. The highest BCUT2D eigenvalue weighted by Crippen LogP contribution is 2.22. The van der Waals surface area contributed by atoms with Crippen molar-refractivity contribution in [2.45, 2.75) is 6.42 Å². The second-order valence-corrected chi connectivity index (χ2v) is 5.53. The Morgan fingerprint density at radius 1 is 1.14 bits per heavy atom. The van der Waals surface area contributed by atoms with E-state index in [0.29, 0.717) is 10.6 Å². The Morgan fingerprint density at radius 3 is 2.50 bits per heavy atom.